The van der Waals surface area contributed by atoms with Crippen LogP contribution < -0.4 is 16.0 Å². The van der Waals surface area contributed by atoms with Crippen molar-refractivity contribution in [2.75, 3.05) is 26.2 Å². The standard InChI is InChI=1S/C16H34N4O/c1-6-8-9-10-11-19-15(17-7-2)20-13-12-18-14(21)16(3,4)5/h6-13H2,1-5H3,(H,18,21)(H2,17,19,20). The summed E-state index contributed by atoms with van der Waals surface area (Å²) < 4.78 is 0. The monoisotopic (exact) mass is 298 g/mol. The Balaban J connectivity index is 3.93. The predicted octanol–water partition coefficient (Wildman–Crippen LogP) is 2.28. The summed E-state index contributed by atoms with van der Waals surface area (Å²) in [5.41, 5.74) is -0.335. The maximum absolute atomic E-state index is 11.7. The zero-order valence-corrected chi connectivity index (χ0v) is 14.5. The van der Waals surface area contributed by atoms with E-state index in [1.165, 1.54) is 19.3 Å². The first kappa shape index (κ1) is 19.7. The van der Waals surface area contributed by atoms with Gasteiger partial charge in [-0.05, 0) is 13.3 Å². The first-order valence-electron chi connectivity index (χ1n) is 8.22. The van der Waals surface area contributed by atoms with Gasteiger partial charge < -0.3 is 16.0 Å². The molecule has 0 saturated carbocycles. The average molecular weight is 298 g/mol. The summed E-state index contributed by atoms with van der Waals surface area (Å²) in [6.07, 6.45) is 4.89. The van der Waals surface area contributed by atoms with Crippen molar-refractivity contribution in [3.05, 3.63) is 0 Å². The lowest BCUT2D eigenvalue weighted by atomic mass is 9.96. The minimum absolute atomic E-state index is 0.0748. The molecule has 0 atom stereocenters. The van der Waals surface area contributed by atoms with Crippen LogP contribution in [0, 0.1) is 5.41 Å². The number of amides is 1. The summed E-state index contributed by atoms with van der Waals surface area (Å²) in [5.74, 6) is 0.907. The number of unbranched alkanes of at least 4 members (excludes halogenated alkanes) is 3. The van der Waals surface area contributed by atoms with Crippen molar-refractivity contribution in [3.63, 3.8) is 0 Å². The highest BCUT2D eigenvalue weighted by Gasteiger charge is 2.20. The normalized spacial score (nSPS) is 12.1. The molecule has 0 heterocycles. The number of carbonyl (C=O) groups is 1. The van der Waals surface area contributed by atoms with Crippen molar-refractivity contribution in [2.24, 2.45) is 10.4 Å². The molecule has 3 N–H and O–H groups in total. The molecule has 0 unspecified atom stereocenters. The Bertz CT molecular complexity index is 308. The van der Waals surface area contributed by atoms with E-state index >= 15 is 0 Å². The van der Waals surface area contributed by atoms with Gasteiger partial charge in [-0.3, -0.25) is 9.79 Å². The Hall–Kier alpha value is -1.26. The van der Waals surface area contributed by atoms with Crippen LogP contribution >= 0.6 is 0 Å². The number of nitrogens with zero attached hydrogens (tertiary/aromatic N) is 1. The van der Waals surface area contributed by atoms with Crippen molar-refractivity contribution in [1.82, 2.24) is 16.0 Å². The SMILES string of the molecule is CCCCCCN=C(NCC)NCCNC(=O)C(C)(C)C. The molecule has 5 heteroatoms. The third-order valence-electron chi connectivity index (χ3n) is 3.01. The smallest absolute Gasteiger partial charge is 0.225 e. The molecular weight excluding hydrogens is 264 g/mol. The van der Waals surface area contributed by atoms with Gasteiger partial charge in [0, 0.05) is 31.6 Å². The molecule has 1 amide bonds. The van der Waals surface area contributed by atoms with Crippen LogP contribution in [0.1, 0.15) is 60.3 Å². The van der Waals surface area contributed by atoms with Gasteiger partial charge in [-0.25, -0.2) is 0 Å². The number of guanidine groups is 1. The van der Waals surface area contributed by atoms with E-state index in [0.717, 1.165) is 25.5 Å². The first-order chi connectivity index (χ1) is 9.91. The fourth-order valence-corrected chi connectivity index (χ4v) is 1.69. The molecule has 21 heavy (non-hydrogen) atoms. The molecule has 124 valence electrons. The minimum Gasteiger partial charge on any atom is -0.357 e. The summed E-state index contributed by atoms with van der Waals surface area (Å²) in [6, 6.07) is 0. The zero-order chi connectivity index (χ0) is 16.1. The summed E-state index contributed by atoms with van der Waals surface area (Å²) in [6.45, 7) is 13.0. The molecule has 0 spiro atoms. The van der Waals surface area contributed by atoms with E-state index in [9.17, 15) is 4.79 Å². The molecule has 0 bridgehead atoms. The first-order valence-corrected chi connectivity index (χ1v) is 8.22. The number of rotatable bonds is 9. The van der Waals surface area contributed by atoms with Gasteiger partial charge in [0.05, 0.1) is 0 Å². The minimum atomic E-state index is -0.335. The second-order valence-corrected chi connectivity index (χ2v) is 6.25. The molecule has 0 saturated heterocycles. The molecule has 0 aliphatic rings. The van der Waals surface area contributed by atoms with Crippen LogP contribution in [0.5, 0.6) is 0 Å². The highest BCUT2D eigenvalue weighted by atomic mass is 16.2. The van der Waals surface area contributed by atoms with E-state index in [1.54, 1.807) is 0 Å². The fraction of sp³-hybridized carbons (Fsp3) is 0.875. The molecule has 0 aromatic rings. The van der Waals surface area contributed by atoms with E-state index in [1.807, 2.05) is 20.8 Å². The van der Waals surface area contributed by atoms with Gasteiger partial charge in [-0.15, -0.1) is 0 Å². The summed E-state index contributed by atoms with van der Waals surface area (Å²) in [5, 5.41) is 9.38. The van der Waals surface area contributed by atoms with E-state index < -0.39 is 0 Å². The maximum atomic E-state index is 11.7. The van der Waals surface area contributed by atoms with E-state index in [-0.39, 0.29) is 11.3 Å². The van der Waals surface area contributed by atoms with Crippen LogP contribution in [0.25, 0.3) is 0 Å². The fourth-order valence-electron chi connectivity index (χ4n) is 1.69. The summed E-state index contributed by atoms with van der Waals surface area (Å²) in [4.78, 5) is 16.3. The van der Waals surface area contributed by atoms with Crippen molar-refractivity contribution in [1.29, 1.82) is 0 Å². The molecule has 5 nitrogen and oxygen atoms in total. The molecule has 0 rings (SSSR count). The lowest BCUT2D eigenvalue weighted by Gasteiger charge is -2.18. The molecule has 0 aromatic heterocycles. The Morgan fingerprint density at radius 2 is 1.62 bits per heavy atom. The van der Waals surface area contributed by atoms with Crippen molar-refractivity contribution < 1.29 is 4.79 Å². The molecular formula is C16H34N4O. The average Bonchev–Trinajstić information content (AvgIpc) is 2.41. The number of aliphatic imine (C=N–C) groups is 1. The molecule has 0 aromatic carbocycles. The quantitative estimate of drug-likeness (QED) is 0.347. The van der Waals surface area contributed by atoms with E-state index in [2.05, 4.69) is 34.8 Å². The van der Waals surface area contributed by atoms with E-state index in [4.69, 9.17) is 0 Å². The molecule has 0 aliphatic heterocycles. The van der Waals surface area contributed by atoms with Gasteiger partial charge in [0.1, 0.15) is 0 Å². The van der Waals surface area contributed by atoms with Crippen molar-refractivity contribution in [2.45, 2.75) is 60.3 Å². The van der Waals surface area contributed by atoms with Gasteiger partial charge in [0.25, 0.3) is 0 Å². The van der Waals surface area contributed by atoms with Crippen LogP contribution in [0.4, 0.5) is 0 Å². The van der Waals surface area contributed by atoms with Crippen LogP contribution in [0.2, 0.25) is 0 Å². The second kappa shape index (κ2) is 11.4. The molecule has 0 fully saturated rings. The third-order valence-corrected chi connectivity index (χ3v) is 3.01. The van der Waals surface area contributed by atoms with Crippen molar-refractivity contribution >= 4 is 11.9 Å². The Morgan fingerprint density at radius 1 is 0.952 bits per heavy atom. The Labute approximate surface area is 130 Å². The van der Waals surface area contributed by atoms with Crippen LogP contribution in [0.15, 0.2) is 4.99 Å². The maximum Gasteiger partial charge on any atom is 0.225 e. The zero-order valence-electron chi connectivity index (χ0n) is 14.5. The van der Waals surface area contributed by atoms with Crippen LogP contribution in [-0.2, 0) is 4.79 Å². The van der Waals surface area contributed by atoms with Crippen LogP contribution in [0.3, 0.4) is 0 Å². The van der Waals surface area contributed by atoms with E-state index in [0.29, 0.717) is 13.1 Å². The summed E-state index contributed by atoms with van der Waals surface area (Å²) in [7, 11) is 0. The second-order valence-electron chi connectivity index (χ2n) is 6.25. The number of carbonyl (C=O) groups excluding carboxylic acids is 1. The third kappa shape index (κ3) is 11.1. The topological polar surface area (TPSA) is 65.5 Å². The highest BCUT2D eigenvalue weighted by molar-refractivity contribution is 5.81. The lowest BCUT2D eigenvalue weighted by Crippen LogP contribution is -2.43. The number of hydrogen-bond donors (Lipinski definition) is 3. The number of hydrogen-bond acceptors (Lipinski definition) is 2. The highest BCUT2D eigenvalue weighted by Crippen LogP contribution is 2.11. The van der Waals surface area contributed by atoms with Gasteiger partial charge in [-0.1, -0.05) is 47.0 Å². The van der Waals surface area contributed by atoms with Gasteiger partial charge >= 0.3 is 0 Å². The lowest BCUT2D eigenvalue weighted by molar-refractivity contribution is -0.128. The largest absolute Gasteiger partial charge is 0.357 e. The number of nitrogens with one attached hydrogen (secondary N) is 3. The van der Waals surface area contributed by atoms with Gasteiger partial charge in [-0.2, -0.15) is 0 Å². The van der Waals surface area contributed by atoms with Gasteiger partial charge in [0.15, 0.2) is 5.96 Å². The Kier molecular flexibility index (Phi) is 10.7. The van der Waals surface area contributed by atoms with Crippen molar-refractivity contribution in [3.8, 4) is 0 Å². The molecule has 0 aliphatic carbocycles. The van der Waals surface area contributed by atoms with Crippen LogP contribution in [-0.4, -0.2) is 38.0 Å². The molecule has 0 radical (unpaired) electrons. The predicted molar refractivity (Wildman–Crippen MR) is 90.6 cm³/mol. The Morgan fingerprint density at radius 3 is 2.19 bits per heavy atom. The summed E-state index contributed by atoms with van der Waals surface area (Å²) >= 11 is 0. The van der Waals surface area contributed by atoms with Gasteiger partial charge in [0.2, 0.25) is 5.91 Å².